The van der Waals surface area contributed by atoms with Crippen LogP contribution in [0, 0.1) is 0 Å². The smallest absolute Gasteiger partial charge is 0.101 e. The fourth-order valence-electron chi connectivity index (χ4n) is 3.45. The van der Waals surface area contributed by atoms with Gasteiger partial charge in [-0.15, -0.1) is 0 Å². The predicted octanol–water partition coefficient (Wildman–Crippen LogP) is 4.54. The number of unbranched alkanes of at least 4 members (excludes halogenated alkanes) is 12. The molecule has 147 valence electrons. The molecule has 26 heavy (non-hydrogen) atoms. The molecule has 1 aromatic carbocycles. The van der Waals surface area contributed by atoms with E-state index in [1.54, 1.807) is 0 Å². The average molecular weight is 375 g/mol. The van der Waals surface area contributed by atoms with E-state index in [1.807, 2.05) is 0 Å². The van der Waals surface area contributed by atoms with Gasteiger partial charge in [-0.05, 0) is 32.0 Å². The lowest BCUT2D eigenvalue weighted by atomic mass is 10.0. The fraction of sp³-hybridized carbons (Fsp3) is 0.739. The zero-order chi connectivity index (χ0) is 18.5. The molecule has 0 bridgehead atoms. The van der Waals surface area contributed by atoms with Crippen LogP contribution in [0.5, 0.6) is 0 Å². The summed E-state index contributed by atoms with van der Waals surface area (Å²) in [6.07, 6.45) is 19.4. The molecule has 3 N–H and O–H groups in total. The highest BCUT2D eigenvalue weighted by Crippen LogP contribution is 2.12. The molecule has 1 rings (SSSR count). The predicted molar refractivity (Wildman–Crippen MR) is 116 cm³/mol. The maximum absolute atomic E-state index is 3.44. The van der Waals surface area contributed by atoms with Gasteiger partial charge in [-0.3, -0.25) is 0 Å². The van der Waals surface area contributed by atoms with E-state index < -0.39 is 0 Å². The maximum atomic E-state index is 3.44. The Hall–Kier alpha value is -0.643. The molecule has 0 aliphatic rings. The molecule has 1 aromatic rings. The van der Waals surface area contributed by atoms with Crippen molar-refractivity contribution in [1.82, 2.24) is 5.32 Å². The van der Waals surface area contributed by atoms with Crippen LogP contribution >= 0.6 is 0 Å². The van der Waals surface area contributed by atoms with Gasteiger partial charge in [-0.25, -0.2) is 0 Å². The topological polar surface area (TPSA) is 28.6 Å². The summed E-state index contributed by atoms with van der Waals surface area (Å²) < 4.78 is 0. The molecule has 3 radical (unpaired) electrons. The molecule has 0 unspecified atom stereocenters. The summed E-state index contributed by atoms with van der Waals surface area (Å²) in [7, 11) is 3.44. The Labute approximate surface area is 166 Å². The van der Waals surface area contributed by atoms with Gasteiger partial charge in [0.2, 0.25) is 0 Å². The number of hydrogen-bond acceptors (Lipinski definition) is 1. The Bertz CT molecular complexity index is 383. The minimum Gasteiger partial charge on any atom is -0.343 e. The highest BCUT2D eigenvalue weighted by Gasteiger charge is 1.96. The number of rotatable bonds is 19. The minimum atomic E-state index is 0.923. The van der Waals surface area contributed by atoms with Crippen LogP contribution in [-0.2, 0) is 6.54 Å². The number of quaternary nitrogens is 1. The third kappa shape index (κ3) is 15.6. The van der Waals surface area contributed by atoms with Crippen LogP contribution < -0.4 is 10.6 Å². The monoisotopic (exact) mass is 374 g/mol. The van der Waals surface area contributed by atoms with E-state index in [-0.39, 0.29) is 0 Å². The van der Waals surface area contributed by atoms with E-state index in [0.717, 1.165) is 19.3 Å². The van der Waals surface area contributed by atoms with Gasteiger partial charge in [0.25, 0.3) is 0 Å². The van der Waals surface area contributed by atoms with E-state index in [9.17, 15) is 0 Å². The Kier molecular flexibility index (Phi) is 17.2. The fourth-order valence-corrected chi connectivity index (χ4v) is 3.63. The second-order valence-corrected chi connectivity index (χ2v) is 7.89. The highest BCUT2D eigenvalue weighted by atomic mass is 28.1. The summed E-state index contributed by atoms with van der Waals surface area (Å²) in [6.45, 7) is 3.57. The summed E-state index contributed by atoms with van der Waals surface area (Å²) >= 11 is 0. The van der Waals surface area contributed by atoms with E-state index in [0.29, 0.717) is 0 Å². The molecule has 0 saturated heterocycles. The first-order valence-corrected chi connectivity index (χ1v) is 11.8. The Morgan fingerprint density at radius 2 is 1.15 bits per heavy atom. The van der Waals surface area contributed by atoms with Crippen LogP contribution in [-0.4, -0.2) is 29.5 Å². The molecule has 2 nitrogen and oxygen atoms in total. The third-order valence-electron chi connectivity index (χ3n) is 5.11. The maximum Gasteiger partial charge on any atom is 0.101 e. The van der Waals surface area contributed by atoms with E-state index >= 15 is 0 Å². The van der Waals surface area contributed by atoms with Crippen molar-refractivity contribution in [1.29, 1.82) is 0 Å². The van der Waals surface area contributed by atoms with Gasteiger partial charge in [0.05, 0.1) is 6.54 Å². The van der Waals surface area contributed by atoms with Crippen molar-refractivity contribution >= 4 is 10.2 Å². The summed E-state index contributed by atoms with van der Waals surface area (Å²) in [5.74, 6) is 0. The van der Waals surface area contributed by atoms with Crippen LogP contribution in [0.3, 0.4) is 0 Å². The van der Waals surface area contributed by atoms with Gasteiger partial charge in [0.15, 0.2) is 0 Å². The van der Waals surface area contributed by atoms with E-state index in [2.05, 4.69) is 51.2 Å². The Morgan fingerprint density at radius 3 is 1.69 bits per heavy atom. The molecular weight excluding hydrogens is 332 g/mol. The van der Waals surface area contributed by atoms with Crippen molar-refractivity contribution in [2.24, 2.45) is 0 Å². The molecule has 0 aromatic heterocycles. The zero-order valence-electron chi connectivity index (χ0n) is 17.0. The standard InChI is InChI=1S/C23H41N2Si/c26-22-25-20-16-11-9-7-5-3-1-2-4-6-8-10-15-19-24-21-23-17-13-12-14-18-23/h12-14,17-18,24-25H,1-11,15-16,19-22H2/p+1. The van der Waals surface area contributed by atoms with Crippen LogP contribution in [0.15, 0.2) is 30.3 Å². The van der Waals surface area contributed by atoms with E-state index in [1.165, 1.54) is 95.6 Å². The molecule has 0 heterocycles. The van der Waals surface area contributed by atoms with Gasteiger partial charge in [0, 0.05) is 15.8 Å². The first-order chi connectivity index (χ1) is 12.9. The van der Waals surface area contributed by atoms with Crippen molar-refractivity contribution < 1.29 is 5.32 Å². The lowest BCUT2D eigenvalue weighted by Gasteiger charge is -2.04. The summed E-state index contributed by atoms with van der Waals surface area (Å²) in [5.41, 5.74) is 1.44. The Morgan fingerprint density at radius 1 is 0.654 bits per heavy atom. The molecule has 0 aliphatic heterocycles. The molecule has 3 heteroatoms. The first-order valence-electron chi connectivity index (χ1n) is 11.1. The SMILES string of the molecule is [Si]CNCCCCCCCCCCCCCCC[NH2+]Cc1ccccc1. The zero-order valence-corrected chi connectivity index (χ0v) is 18.0. The summed E-state index contributed by atoms with van der Waals surface area (Å²) in [4.78, 5) is 0. The molecule has 0 atom stereocenters. The van der Waals surface area contributed by atoms with Gasteiger partial charge >= 0.3 is 0 Å². The first kappa shape index (κ1) is 23.4. The second-order valence-electron chi connectivity index (χ2n) is 7.54. The molecule has 0 spiro atoms. The largest absolute Gasteiger partial charge is 0.343 e. The highest BCUT2D eigenvalue weighted by molar-refractivity contribution is 6.08. The molecular formula is C23H42N2Si+. The van der Waals surface area contributed by atoms with Crippen LogP contribution in [0.2, 0.25) is 0 Å². The van der Waals surface area contributed by atoms with Crippen molar-refractivity contribution in [3.05, 3.63) is 35.9 Å². The molecule has 0 fully saturated rings. The molecule has 0 aliphatic carbocycles. The lowest BCUT2D eigenvalue weighted by molar-refractivity contribution is -0.671. The van der Waals surface area contributed by atoms with E-state index in [4.69, 9.17) is 0 Å². The van der Waals surface area contributed by atoms with Crippen molar-refractivity contribution in [3.63, 3.8) is 0 Å². The molecule has 0 amide bonds. The van der Waals surface area contributed by atoms with Crippen LogP contribution in [0.4, 0.5) is 0 Å². The number of nitrogens with two attached hydrogens (primary N) is 1. The number of nitrogens with one attached hydrogen (secondary N) is 1. The average Bonchev–Trinajstić information content (AvgIpc) is 2.68. The van der Waals surface area contributed by atoms with Gasteiger partial charge < -0.3 is 10.6 Å². The third-order valence-corrected chi connectivity index (χ3v) is 5.36. The second kappa shape index (κ2) is 19.1. The van der Waals surface area contributed by atoms with Crippen molar-refractivity contribution in [2.45, 2.75) is 90.0 Å². The molecule has 0 saturated carbocycles. The van der Waals surface area contributed by atoms with Gasteiger partial charge in [-0.2, -0.15) is 0 Å². The van der Waals surface area contributed by atoms with Gasteiger partial charge in [0.1, 0.15) is 6.54 Å². The lowest BCUT2D eigenvalue weighted by Crippen LogP contribution is -2.82. The normalized spacial score (nSPS) is 11.1. The Balaban J connectivity index is 1.68. The summed E-state index contributed by atoms with van der Waals surface area (Å²) in [6, 6.07) is 10.8. The van der Waals surface area contributed by atoms with Gasteiger partial charge in [-0.1, -0.05) is 94.5 Å². The van der Waals surface area contributed by atoms with Crippen LogP contribution in [0.25, 0.3) is 0 Å². The van der Waals surface area contributed by atoms with Crippen LogP contribution in [0.1, 0.15) is 89.0 Å². The quantitative estimate of drug-likeness (QED) is 0.270. The van der Waals surface area contributed by atoms with Crippen molar-refractivity contribution in [3.8, 4) is 0 Å². The minimum absolute atomic E-state index is 0.923. The number of hydrogen-bond donors (Lipinski definition) is 2. The summed E-state index contributed by atoms with van der Waals surface area (Å²) in [5, 5.41) is 5.77. The van der Waals surface area contributed by atoms with Crippen molar-refractivity contribution in [2.75, 3.05) is 19.3 Å². The number of benzene rings is 1.